The molecule has 1 amide bonds. The van der Waals surface area contributed by atoms with Gasteiger partial charge in [-0.05, 0) is 37.2 Å². The maximum absolute atomic E-state index is 12.7. The van der Waals surface area contributed by atoms with Gasteiger partial charge in [-0.15, -0.1) is 0 Å². The second-order valence-corrected chi connectivity index (χ2v) is 7.04. The van der Waals surface area contributed by atoms with E-state index in [0.717, 1.165) is 58.2 Å². The molecule has 0 spiro atoms. The van der Waals surface area contributed by atoms with Crippen LogP contribution in [0.3, 0.4) is 0 Å². The van der Waals surface area contributed by atoms with Gasteiger partial charge in [0.1, 0.15) is 0 Å². The molecule has 0 radical (unpaired) electrons. The number of nitrogens with zero attached hydrogens (tertiary/aromatic N) is 1. The Labute approximate surface area is 147 Å². The van der Waals surface area contributed by atoms with Gasteiger partial charge in [0.15, 0.2) is 0 Å². The summed E-state index contributed by atoms with van der Waals surface area (Å²) in [6.45, 7) is 7.65. The summed E-state index contributed by atoms with van der Waals surface area (Å²) in [6.07, 6.45) is 6.41. The first kappa shape index (κ1) is 19.0. The minimum Gasteiger partial charge on any atom is -0.376 e. The number of carbonyl (C=O) groups excluding carboxylic acids is 1. The highest BCUT2D eigenvalue weighted by atomic mass is 16.5. The zero-order valence-electron chi connectivity index (χ0n) is 15.4. The number of rotatable bonds is 9. The van der Waals surface area contributed by atoms with Gasteiger partial charge in [0.05, 0.1) is 6.61 Å². The van der Waals surface area contributed by atoms with Crippen LogP contribution in [0.1, 0.15) is 57.9 Å². The van der Waals surface area contributed by atoms with Crippen LogP contribution in [0.5, 0.6) is 0 Å². The van der Waals surface area contributed by atoms with Crippen LogP contribution in [0, 0.1) is 11.8 Å². The third-order valence-electron chi connectivity index (χ3n) is 5.01. The predicted octanol–water partition coefficient (Wildman–Crippen LogP) is 4.66. The second kappa shape index (κ2) is 10.5. The van der Waals surface area contributed by atoms with E-state index in [9.17, 15) is 4.79 Å². The zero-order chi connectivity index (χ0) is 17.2. The van der Waals surface area contributed by atoms with Crippen LogP contribution in [0.15, 0.2) is 30.3 Å². The molecule has 0 atom stereocenters. The predicted molar refractivity (Wildman–Crippen MR) is 98.7 cm³/mol. The minimum absolute atomic E-state index is 0.242. The fraction of sp³-hybridized carbons (Fsp3) is 0.667. The van der Waals surface area contributed by atoms with Crippen LogP contribution in [-0.2, 0) is 16.1 Å². The Balaban J connectivity index is 1.69. The fourth-order valence-electron chi connectivity index (χ4n) is 3.58. The Morgan fingerprint density at radius 3 is 2.33 bits per heavy atom. The summed E-state index contributed by atoms with van der Waals surface area (Å²) in [5.41, 5.74) is 1.23. The maximum Gasteiger partial charge on any atom is 0.225 e. The van der Waals surface area contributed by atoms with Crippen LogP contribution < -0.4 is 0 Å². The van der Waals surface area contributed by atoms with E-state index in [-0.39, 0.29) is 5.92 Å². The molecule has 0 N–H and O–H groups in total. The van der Waals surface area contributed by atoms with Crippen LogP contribution >= 0.6 is 0 Å². The Morgan fingerprint density at radius 2 is 1.75 bits per heavy atom. The van der Waals surface area contributed by atoms with Crippen molar-refractivity contribution in [2.45, 2.75) is 59.0 Å². The fourth-order valence-corrected chi connectivity index (χ4v) is 3.58. The number of hydrogen-bond acceptors (Lipinski definition) is 2. The highest BCUT2D eigenvalue weighted by Crippen LogP contribution is 2.23. The maximum atomic E-state index is 12.7. The molecular formula is C21H33NO2. The van der Waals surface area contributed by atoms with Crippen LogP contribution in [0.25, 0.3) is 0 Å². The van der Waals surface area contributed by atoms with Gasteiger partial charge in [-0.2, -0.15) is 0 Å². The highest BCUT2D eigenvalue weighted by Gasteiger charge is 2.27. The van der Waals surface area contributed by atoms with E-state index in [1.807, 2.05) is 18.2 Å². The van der Waals surface area contributed by atoms with Crippen molar-refractivity contribution in [2.75, 3.05) is 19.7 Å². The van der Waals surface area contributed by atoms with Crippen molar-refractivity contribution in [3.05, 3.63) is 35.9 Å². The average molecular weight is 332 g/mol. The Hall–Kier alpha value is -1.35. The second-order valence-electron chi connectivity index (χ2n) is 7.04. The van der Waals surface area contributed by atoms with Crippen molar-refractivity contribution in [3.8, 4) is 0 Å². The van der Waals surface area contributed by atoms with E-state index < -0.39 is 0 Å². The Kier molecular flexibility index (Phi) is 8.31. The number of amides is 1. The first-order valence-corrected chi connectivity index (χ1v) is 9.65. The van der Waals surface area contributed by atoms with Crippen molar-refractivity contribution < 1.29 is 9.53 Å². The van der Waals surface area contributed by atoms with E-state index in [2.05, 4.69) is 30.9 Å². The monoisotopic (exact) mass is 331 g/mol. The number of carbonyl (C=O) groups is 1. The number of benzene rings is 1. The van der Waals surface area contributed by atoms with E-state index in [1.54, 1.807) is 0 Å². The molecule has 1 saturated heterocycles. The Bertz CT molecular complexity index is 460. The minimum atomic E-state index is 0.242. The van der Waals surface area contributed by atoms with Crippen LogP contribution in [0.2, 0.25) is 0 Å². The lowest BCUT2D eigenvalue weighted by Gasteiger charge is -2.34. The number of ether oxygens (including phenoxy) is 1. The molecule has 134 valence electrons. The van der Waals surface area contributed by atoms with Gasteiger partial charge < -0.3 is 9.64 Å². The normalized spacial score (nSPS) is 15.9. The summed E-state index contributed by atoms with van der Waals surface area (Å²) in [5, 5.41) is 0. The molecule has 1 aliphatic heterocycles. The Morgan fingerprint density at radius 1 is 1.12 bits per heavy atom. The summed E-state index contributed by atoms with van der Waals surface area (Å²) in [5.74, 6) is 1.22. The largest absolute Gasteiger partial charge is 0.376 e. The van der Waals surface area contributed by atoms with Crippen LogP contribution in [-0.4, -0.2) is 30.5 Å². The van der Waals surface area contributed by atoms with Gasteiger partial charge in [-0.3, -0.25) is 4.79 Å². The number of piperidine rings is 1. The lowest BCUT2D eigenvalue weighted by Crippen LogP contribution is -2.42. The highest BCUT2D eigenvalue weighted by molar-refractivity contribution is 5.78. The molecule has 2 rings (SSSR count). The average Bonchev–Trinajstić information content (AvgIpc) is 2.62. The van der Waals surface area contributed by atoms with Gasteiger partial charge in [0, 0.05) is 25.6 Å². The quantitative estimate of drug-likeness (QED) is 0.659. The topological polar surface area (TPSA) is 29.5 Å². The first-order valence-electron chi connectivity index (χ1n) is 9.65. The first-order chi connectivity index (χ1) is 11.7. The van der Waals surface area contributed by atoms with Crippen molar-refractivity contribution in [2.24, 2.45) is 11.8 Å². The summed E-state index contributed by atoms with van der Waals surface area (Å²) >= 11 is 0. The van der Waals surface area contributed by atoms with Gasteiger partial charge in [-0.25, -0.2) is 0 Å². The van der Waals surface area contributed by atoms with Crippen molar-refractivity contribution in [1.29, 1.82) is 0 Å². The smallest absolute Gasteiger partial charge is 0.225 e. The summed E-state index contributed by atoms with van der Waals surface area (Å²) in [4.78, 5) is 14.8. The van der Waals surface area contributed by atoms with Crippen molar-refractivity contribution in [1.82, 2.24) is 4.90 Å². The molecule has 1 heterocycles. The zero-order valence-corrected chi connectivity index (χ0v) is 15.4. The van der Waals surface area contributed by atoms with Gasteiger partial charge in [0.25, 0.3) is 0 Å². The molecule has 1 aromatic carbocycles. The molecule has 3 heteroatoms. The molecule has 0 saturated carbocycles. The lowest BCUT2D eigenvalue weighted by molar-refractivity contribution is -0.137. The molecule has 1 aromatic rings. The molecular weight excluding hydrogens is 298 g/mol. The third kappa shape index (κ3) is 5.94. The van der Waals surface area contributed by atoms with E-state index >= 15 is 0 Å². The molecule has 0 aliphatic carbocycles. The molecule has 1 fully saturated rings. The third-order valence-corrected chi connectivity index (χ3v) is 5.01. The van der Waals surface area contributed by atoms with Crippen molar-refractivity contribution >= 4 is 5.91 Å². The summed E-state index contributed by atoms with van der Waals surface area (Å²) in [7, 11) is 0. The molecule has 0 unspecified atom stereocenters. The van der Waals surface area contributed by atoms with Crippen molar-refractivity contribution in [3.63, 3.8) is 0 Å². The van der Waals surface area contributed by atoms with Gasteiger partial charge in [0.2, 0.25) is 5.91 Å². The van der Waals surface area contributed by atoms with Gasteiger partial charge >= 0.3 is 0 Å². The molecule has 24 heavy (non-hydrogen) atoms. The molecule has 3 nitrogen and oxygen atoms in total. The van der Waals surface area contributed by atoms with E-state index in [0.29, 0.717) is 18.4 Å². The molecule has 1 aliphatic rings. The summed E-state index contributed by atoms with van der Waals surface area (Å²) < 4.78 is 5.88. The standard InChI is InChI=1S/C21H33NO2/c1-3-8-20(9-4-2)21(23)22-14-12-19(13-15-22)17-24-16-18-10-6-5-7-11-18/h5-7,10-11,19-20H,3-4,8-9,12-17H2,1-2H3. The lowest BCUT2D eigenvalue weighted by atomic mass is 9.93. The van der Waals surface area contributed by atoms with Gasteiger partial charge in [-0.1, -0.05) is 57.0 Å². The number of hydrogen-bond donors (Lipinski definition) is 0. The number of likely N-dealkylation sites (tertiary alicyclic amines) is 1. The molecule has 0 bridgehead atoms. The SMILES string of the molecule is CCCC(CCC)C(=O)N1CCC(COCc2ccccc2)CC1. The molecule has 0 aromatic heterocycles. The van der Waals surface area contributed by atoms with E-state index in [4.69, 9.17) is 4.74 Å². The van der Waals surface area contributed by atoms with E-state index in [1.165, 1.54) is 5.56 Å². The van der Waals surface area contributed by atoms with Crippen LogP contribution in [0.4, 0.5) is 0 Å². The summed E-state index contributed by atoms with van der Waals surface area (Å²) in [6, 6.07) is 10.3.